The molecule has 1 aliphatic rings. The second kappa shape index (κ2) is 5.85. The molecular weight excluding hydrogens is 212 g/mol. The number of fused-ring (bicyclic) bond motifs is 1. The smallest absolute Gasteiger partial charge is 0.303 e. The Morgan fingerprint density at radius 3 is 2.94 bits per heavy atom. The highest BCUT2D eigenvalue weighted by Gasteiger charge is 2.18. The van der Waals surface area contributed by atoms with Gasteiger partial charge in [-0.1, -0.05) is 30.7 Å². The molecule has 0 heterocycles. The fourth-order valence-corrected chi connectivity index (χ4v) is 2.82. The number of aryl methyl sites for hydroxylation is 1. The van der Waals surface area contributed by atoms with Crippen molar-refractivity contribution in [1.29, 1.82) is 0 Å². The number of carbonyl (C=O) groups is 1. The number of hydrogen-bond donors (Lipinski definition) is 1. The van der Waals surface area contributed by atoms with Gasteiger partial charge in [-0.3, -0.25) is 4.79 Å². The first kappa shape index (κ1) is 12.2. The molecule has 1 N–H and O–H groups in total. The van der Waals surface area contributed by atoms with Gasteiger partial charge in [0.2, 0.25) is 0 Å². The third-order valence-electron chi connectivity index (χ3n) is 3.69. The minimum Gasteiger partial charge on any atom is -0.481 e. The Labute approximate surface area is 103 Å². The van der Waals surface area contributed by atoms with Crippen molar-refractivity contribution >= 4 is 5.97 Å². The molecule has 1 atom stereocenters. The average Bonchev–Trinajstić information content (AvgIpc) is 2.52. The standard InChI is InChI=1S/C15H20O2/c16-15(17)11-5-9-13-7-2-1-6-12-8-3-4-10-14(12)13/h3-4,8,10,13H,1-2,5-7,9,11H2,(H,16,17). The van der Waals surface area contributed by atoms with Crippen LogP contribution in [0.2, 0.25) is 0 Å². The van der Waals surface area contributed by atoms with E-state index >= 15 is 0 Å². The van der Waals surface area contributed by atoms with Gasteiger partial charge < -0.3 is 5.11 Å². The van der Waals surface area contributed by atoms with Crippen LogP contribution >= 0.6 is 0 Å². The van der Waals surface area contributed by atoms with Gasteiger partial charge in [0.05, 0.1) is 0 Å². The van der Waals surface area contributed by atoms with Crippen LogP contribution in [-0.4, -0.2) is 11.1 Å². The van der Waals surface area contributed by atoms with Crippen molar-refractivity contribution in [2.75, 3.05) is 0 Å². The number of benzene rings is 1. The lowest BCUT2D eigenvalue weighted by atomic mass is 9.88. The number of carboxylic acids is 1. The molecule has 0 amide bonds. The van der Waals surface area contributed by atoms with E-state index in [1.165, 1.54) is 36.8 Å². The van der Waals surface area contributed by atoms with Crippen molar-refractivity contribution < 1.29 is 9.90 Å². The van der Waals surface area contributed by atoms with Crippen LogP contribution in [0.1, 0.15) is 55.6 Å². The highest BCUT2D eigenvalue weighted by Crippen LogP contribution is 2.33. The summed E-state index contributed by atoms with van der Waals surface area (Å²) in [6.07, 6.45) is 7.07. The first-order chi connectivity index (χ1) is 8.27. The van der Waals surface area contributed by atoms with E-state index in [2.05, 4.69) is 24.3 Å². The maximum Gasteiger partial charge on any atom is 0.303 e. The van der Waals surface area contributed by atoms with Crippen LogP contribution < -0.4 is 0 Å². The quantitative estimate of drug-likeness (QED) is 0.803. The number of aliphatic carboxylic acids is 1. The Hall–Kier alpha value is -1.31. The molecule has 2 rings (SSSR count). The second-order valence-electron chi connectivity index (χ2n) is 4.93. The summed E-state index contributed by atoms with van der Waals surface area (Å²) >= 11 is 0. The van der Waals surface area contributed by atoms with Crippen molar-refractivity contribution in [3.63, 3.8) is 0 Å². The lowest BCUT2D eigenvalue weighted by molar-refractivity contribution is -0.137. The molecule has 0 saturated heterocycles. The number of carboxylic acid groups (broad SMARTS) is 1. The van der Waals surface area contributed by atoms with Crippen LogP contribution in [0.25, 0.3) is 0 Å². The summed E-state index contributed by atoms with van der Waals surface area (Å²) in [7, 11) is 0. The van der Waals surface area contributed by atoms with Gasteiger partial charge in [-0.05, 0) is 49.1 Å². The molecule has 1 aromatic rings. The summed E-state index contributed by atoms with van der Waals surface area (Å²) in [4.78, 5) is 10.6. The zero-order valence-electron chi connectivity index (χ0n) is 10.2. The highest BCUT2D eigenvalue weighted by molar-refractivity contribution is 5.66. The molecule has 0 aromatic heterocycles. The summed E-state index contributed by atoms with van der Waals surface area (Å²) in [5.74, 6) is -0.0973. The molecule has 17 heavy (non-hydrogen) atoms. The molecule has 1 aromatic carbocycles. The molecule has 92 valence electrons. The zero-order valence-corrected chi connectivity index (χ0v) is 10.2. The Balaban J connectivity index is 2.04. The molecule has 2 nitrogen and oxygen atoms in total. The molecular formula is C15H20O2. The lowest BCUT2D eigenvalue weighted by Gasteiger charge is -2.17. The van der Waals surface area contributed by atoms with E-state index in [1.54, 1.807) is 0 Å². The van der Waals surface area contributed by atoms with E-state index in [4.69, 9.17) is 5.11 Å². The molecule has 0 saturated carbocycles. The summed E-state index contributed by atoms with van der Waals surface area (Å²) < 4.78 is 0. The fourth-order valence-electron chi connectivity index (χ4n) is 2.82. The van der Waals surface area contributed by atoms with Crippen LogP contribution in [0.5, 0.6) is 0 Å². The third-order valence-corrected chi connectivity index (χ3v) is 3.69. The van der Waals surface area contributed by atoms with Crippen molar-refractivity contribution in [2.24, 2.45) is 0 Å². The lowest BCUT2D eigenvalue weighted by Crippen LogP contribution is -2.02. The summed E-state index contributed by atoms with van der Waals surface area (Å²) in [5, 5.41) is 8.69. The number of hydrogen-bond acceptors (Lipinski definition) is 1. The van der Waals surface area contributed by atoms with E-state index < -0.39 is 5.97 Å². The minimum absolute atomic E-state index is 0.304. The summed E-state index contributed by atoms with van der Waals surface area (Å²) in [6, 6.07) is 8.67. The largest absolute Gasteiger partial charge is 0.481 e. The van der Waals surface area contributed by atoms with E-state index in [-0.39, 0.29) is 0 Å². The SMILES string of the molecule is O=C(O)CCCC1CCCCc2ccccc21. The predicted octanol–water partition coefficient (Wildman–Crippen LogP) is 3.75. The molecule has 0 fully saturated rings. The zero-order chi connectivity index (χ0) is 12.1. The monoisotopic (exact) mass is 232 g/mol. The van der Waals surface area contributed by atoms with Crippen LogP contribution in [0, 0.1) is 0 Å². The van der Waals surface area contributed by atoms with E-state index in [1.807, 2.05) is 0 Å². The van der Waals surface area contributed by atoms with Crippen LogP contribution in [-0.2, 0) is 11.2 Å². The predicted molar refractivity (Wildman–Crippen MR) is 68.2 cm³/mol. The van der Waals surface area contributed by atoms with Crippen molar-refractivity contribution in [1.82, 2.24) is 0 Å². The van der Waals surface area contributed by atoms with Gasteiger partial charge in [-0.15, -0.1) is 0 Å². The van der Waals surface area contributed by atoms with Crippen molar-refractivity contribution in [3.05, 3.63) is 35.4 Å². The average molecular weight is 232 g/mol. The van der Waals surface area contributed by atoms with Gasteiger partial charge in [0.1, 0.15) is 0 Å². The van der Waals surface area contributed by atoms with Crippen LogP contribution in [0.15, 0.2) is 24.3 Å². The van der Waals surface area contributed by atoms with Gasteiger partial charge in [0.15, 0.2) is 0 Å². The van der Waals surface area contributed by atoms with Gasteiger partial charge in [0.25, 0.3) is 0 Å². The second-order valence-corrected chi connectivity index (χ2v) is 4.93. The highest BCUT2D eigenvalue weighted by atomic mass is 16.4. The molecule has 0 aliphatic heterocycles. The van der Waals surface area contributed by atoms with E-state index in [0.717, 1.165) is 12.8 Å². The van der Waals surface area contributed by atoms with Gasteiger partial charge in [0, 0.05) is 6.42 Å². The molecule has 0 bridgehead atoms. The van der Waals surface area contributed by atoms with Crippen molar-refractivity contribution in [3.8, 4) is 0 Å². The van der Waals surface area contributed by atoms with E-state index in [9.17, 15) is 4.79 Å². The van der Waals surface area contributed by atoms with Crippen LogP contribution in [0.4, 0.5) is 0 Å². The molecule has 0 radical (unpaired) electrons. The van der Waals surface area contributed by atoms with Crippen molar-refractivity contribution in [2.45, 2.75) is 50.9 Å². The molecule has 1 unspecified atom stereocenters. The van der Waals surface area contributed by atoms with E-state index in [0.29, 0.717) is 12.3 Å². The molecule has 2 heteroatoms. The topological polar surface area (TPSA) is 37.3 Å². The van der Waals surface area contributed by atoms with Gasteiger partial charge in [-0.25, -0.2) is 0 Å². The molecule has 0 spiro atoms. The Morgan fingerprint density at radius 2 is 2.12 bits per heavy atom. The Morgan fingerprint density at radius 1 is 1.29 bits per heavy atom. The Bertz CT molecular complexity index is 384. The molecule has 1 aliphatic carbocycles. The maximum absolute atomic E-state index is 10.6. The maximum atomic E-state index is 10.6. The van der Waals surface area contributed by atoms with Gasteiger partial charge in [-0.2, -0.15) is 0 Å². The minimum atomic E-state index is -0.674. The summed E-state index contributed by atoms with van der Waals surface area (Å²) in [6.45, 7) is 0. The first-order valence-electron chi connectivity index (χ1n) is 6.57. The third kappa shape index (κ3) is 3.32. The first-order valence-corrected chi connectivity index (χ1v) is 6.57. The Kier molecular flexibility index (Phi) is 4.18. The fraction of sp³-hybridized carbons (Fsp3) is 0.533. The normalized spacial score (nSPS) is 19.4. The van der Waals surface area contributed by atoms with Crippen LogP contribution in [0.3, 0.4) is 0 Å². The number of rotatable bonds is 4. The van der Waals surface area contributed by atoms with Gasteiger partial charge >= 0.3 is 5.97 Å². The summed E-state index contributed by atoms with van der Waals surface area (Å²) in [5.41, 5.74) is 2.95.